The summed E-state index contributed by atoms with van der Waals surface area (Å²) in [6.07, 6.45) is 1.57. The number of piperidine rings is 1. The fraction of sp³-hybridized carbons (Fsp3) is 0.348. The third kappa shape index (κ3) is 6.28. The van der Waals surface area contributed by atoms with Crippen LogP contribution in [0.25, 0.3) is 0 Å². The molecular weight excluding hydrogens is 401 g/mol. The summed E-state index contributed by atoms with van der Waals surface area (Å²) in [6.45, 7) is 0.949. The first-order valence-corrected chi connectivity index (χ1v) is 10.2. The molecule has 1 heterocycles. The summed E-state index contributed by atoms with van der Waals surface area (Å²) in [5.74, 6) is -0.440. The molecule has 0 aliphatic carbocycles. The molecule has 164 valence electrons. The standard InChI is InChI=1S/C23H26FN3O4/c1-31-20-5-3-2-4-17(20)14-22(29)27-12-10-19(11-13-27)26-21(28)15-25-23(30)16-6-8-18(24)9-7-16/h2-9,19H,10-15H2,1H3,(H,25,30)(H,26,28). The highest BCUT2D eigenvalue weighted by atomic mass is 19.1. The molecule has 1 fully saturated rings. The van der Waals surface area contributed by atoms with Crippen LogP contribution < -0.4 is 15.4 Å². The third-order valence-corrected chi connectivity index (χ3v) is 5.26. The summed E-state index contributed by atoms with van der Waals surface area (Å²) in [6, 6.07) is 12.5. The van der Waals surface area contributed by atoms with Crippen molar-refractivity contribution >= 4 is 17.7 Å². The van der Waals surface area contributed by atoms with Gasteiger partial charge in [0.1, 0.15) is 11.6 Å². The number of carbonyl (C=O) groups is 3. The predicted octanol–water partition coefficient (Wildman–Crippen LogP) is 1.91. The lowest BCUT2D eigenvalue weighted by atomic mass is 10.0. The van der Waals surface area contributed by atoms with E-state index >= 15 is 0 Å². The van der Waals surface area contributed by atoms with Gasteiger partial charge in [0, 0.05) is 30.3 Å². The van der Waals surface area contributed by atoms with Crippen molar-refractivity contribution in [1.82, 2.24) is 15.5 Å². The van der Waals surface area contributed by atoms with E-state index in [2.05, 4.69) is 10.6 Å². The van der Waals surface area contributed by atoms with Gasteiger partial charge in [0.2, 0.25) is 11.8 Å². The molecule has 3 amide bonds. The molecule has 2 N–H and O–H groups in total. The molecule has 1 aliphatic heterocycles. The zero-order chi connectivity index (χ0) is 22.2. The molecule has 0 unspecified atom stereocenters. The molecule has 3 rings (SSSR count). The maximum absolute atomic E-state index is 12.9. The average Bonchev–Trinajstić information content (AvgIpc) is 2.78. The highest BCUT2D eigenvalue weighted by molar-refractivity contribution is 5.96. The molecule has 31 heavy (non-hydrogen) atoms. The summed E-state index contributed by atoms with van der Waals surface area (Å²) in [5, 5.41) is 5.41. The van der Waals surface area contributed by atoms with Crippen LogP contribution >= 0.6 is 0 Å². The molecule has 2 aromatic carbocycles. The second-order valence-corrected chi connectivity index (χ2v) is 7.40. The van der Waals surface area contributed by atoms with Gasteiger partial charge in [-0.15, -0.1) is 0 Å². The molecule has 0 bridgehead atoms. The minimum Gasteiger partial charge on any atom is -0.496 e. The maximum atomic E-state index is 12.9. The smallest absolute Gasteiger partial charge is 0.251 e. The zero-order valence-electron chi connectivity index (χ0n) is 17.4. The number of hydrogen-bond acceptors (Lipinski definition) is 4. The Kier molecular flexibility index (Phi) is 7.59. The lowest BCUT2D eigenvalue weighted by Gasteiger charge is -2.32. The molecule has 7 nitrogen and oxygen atoms in total. The minimum absolute atomic E-state index is 0.0286. The number of amides is 3. The predicted molar refractivity (Wildman–Crippen MR) is 113 cm³/mol. The van der Waals surface area contributed by atoms with Gasteiger partial charge in [0.05, 0.1) is 20.1 Å². The van der Waals surface area contributed by atoms with Crippen molar-refractivity contribution in [2.24, 2.45) is 0 Å². The Hall–Kier alpha value is -3.42. The van der Waals surface area contributed by atoms with Crippen molar-refractivity contribution < 1.29 is 23.5 Å². The SMILES string of the molecule is COc1ccccc1CC(=O)N1CCC(NC(=O)CNC(=O)c2ccc(F)cc2)CC1. The second-order valence-electron chi connectivity index (χ2n) is 7.40. The van der Waals surface area contributed by atoms with Crippen LogP contribution in [0, 0.1) is 5.82 Å². The number of nitrogens with zero attached hydrogens (tertiary/aromatic N) is 1. The van der Waals surface area contributed by atoms with E-state index in [-0.39, 0.29) is 36.4 Å². The van der Waals surface area contributed by atoms with E-state index in [0.717, 1.165) is 5.56 Å². The summed E-state index contributed by atoms with van der Waals surface area (Å²) >= 11 is 0. The number of methoxy groups -OCH3 is 1. The van der Waals surface area contributed by atoms with Gasteiger partial charge in [0.15, 0.2) is 0 Å². The first kappa shape index (κ1) is 22.3. The Balaban J connectivity index is 1.40. The summed E-state index contributed by atoms with van der Waals surface area (Å²) in [4.78, 5) is 38.6. The van der Waals surface area contributed by atoms with Crippen LogP contribution in [0.1, 0.15) is 28.8 Å². The van der Waals surface area contributed by atoms with Gasteiger partial charge in [-0.25, -0.2) is 4.39 Å². The number of ether oxygens (including phenoxy) is 1. The topological polar surface area (TPSA) is 87.7 Å². The minimum atomic E-state index is -0.438. The molecule has 0 atom stereocenters. The molecule has 0 saturated carbocycles. The number of carbonyl (C=O) groups excluding carboxylic acids is 3. The monoisotopic (exact) mass is 427 g/mol. The summed E-state index contributed by atoms with van der Waals surface area (Å²) in [5.41, 5.74) is 1.14. The number of rotatable bonds is 7. The molecule has 0 radical (unpaired) electrons. The average molecular weight is 427 g/mol. The van der Waals surface area contributed by atoms with Crippen LogP contribution in [0.4, 0.5) is 4.39 Å². The largest absolute Gasteiger partial charge is 0.496 e. The van der Waals surface area contributed by atoms with Crippen LogP contribution in [-0.4, -0.2) is 55.4 Å². The van der Waals surface area contributed by atoms with Crippen molar-refractivity contribution in [3.05, 3.63) is 65.5 Å². The van der Waals surface area contributed by atoms with Crippen LogP contribution in [0.15, 0.2) is 48.5 Å². The van der Waals surface area contributed by atoms with Gasteiger partial charge < -0.3 is 20.3 Å². The van der Waals surface area contributed by atoms with Gasteiger partial charge >= 0.3 is 0 Å². The molecule has 0 spiro atoms. The normalized spacial score (nSPS) is 14.1. The van der Waals surface area contributed by atoms with Gasteiger partial charge in [-0.1, -0.05) is 18.2 Å². The Bertz CT molecular complexity index is 925. The van der Waals surface area contributed by atoms with E-state index in [9.17, 15) is 18.8 Å². The number of hydrogen-bond donors (Lipinski definition) is 2. The fourth-order valence-electron chi connectivity index (χ4n) is 3.54. The highest BCUT2D eigenvalue weighted by Crippen LogP contribution is 2.20. The molecule has 2 aromatic rings. The van der Waals surface area contributed by atoms with Gasteiger partial charge in [-0.05, 0) is 43.2 Å². The lowest BCUT2D eigenvalue weighted by Crippen LogP contribution is -2.49. The lowest BCUT2D eigenvalue weighted by molar-refractivity contribution is -0.131. The Morgan fingerprint density at radius 3 is 2.42 bits per heavy atom. The quantitative estimate of drug-likeness (QED) is 0.707. The molecule has 8 heteroatoms. The maximum Gasteiger partial charge on any atom is 0.251 e. The fourth-order valence-corrected chi connectivity index (χ4v) is 3.54. The van der Waals surface area contributed by atoms with Crippen molar-refractivity contribution in [2.75, 3.05) is 26.7 Å². The first-order valence-electron chi connectivity index (χ1n) is 10.2. The number of nitrogens with one attached hydrogen (secondary N) is 2. The van der Waals surface area contributed by atoms with Crippen molar-refractivity contribution in [1.29, 1.82) is 0 Å². The van der Waals surface area contributed by atoms with Gasteiger partial charge in [0.25, 0.3) is 5.91 Å². The zero-order valence-corrected chi connectivity index (χ0v) is 17.4. The van der Waals surface area contributed by atoms with Crippen molar-refractivity contribution in [3.8, 4) is 5.75 Å². The van der Waals surface area contributed by atoms with Crippen LogP contribution in [0.3, 0.4) is 0 Å². The van der Waals surface area contributed by atoms with E-state index in [4.69, 9.17) is 4.74 Å². The molecular formula is C23H26FN3O4. The Morgan fingerprint density at radius 1 is 1.06 bits per heavy atom. The van der Waals surface area contributed by atoms with Crippen LogP contribution in [-0.2, 0) is 16.0 Å². The van der Waals surface area contributed by atoms with Crippen molar-refractivity contribution in [3.63, 3.8) is 0 Å². The van der Waals surface area contributed by atoms with Gasteiger partial charge in [-0.3, -0.25) is 14.4 Å². The molecule has 1 saturated heterocycles. The van der Waals surface area contributed by atoms with Crippen LogP contribution in [0.2, 0.25) is 0 Å². The Morgan fingerprint density at radius 2 is 1.74 bits per heavy atom. The molecule has 0 aromatic heterocycles. The number of halogens is 1. The van der Waals surface area contributed by atoms with E-state index in [0.29, 0.717) is 31.7 Å². The van der Waals surface area contributed by atoms with Crippen LogP contribution in [0.5, 0.6) is 5.75 Å². The first-order chi connectivity index (χ1) is 15.0. The van der Waals surface area contributed by atoms with Crippen molar-refractivity contribution in [2.45, 2.75) is 25.3 Å². The van der Waals surface area contributed by atoms with E-state index < -0.39 is 11.7 Å². The third-order valence-electron chi connectivity index (χ3n) is 5.26. The number of para-hydroxylation sites is 1. The number of benzene rings is 2. The second kappa shape index (κ2) is 10.6. The Labute approximate surface area is 180 Å². The molecule has 1 aliphatic rings. The van der Waals surface area contributed by atoms with Gasteiger partial charge in [-0.2, -0.15) is 0 Å². The van der Waals surface area contributed by atoms with E-state index in [1.54, 1.807) is 12.0 Å². The number of likely N-dealkylation sites (tertiary alicyclic amines) is 1. The van der Waals surface area contributed by atoms with E-state index in [1.165, 1.54) is 24.3 Å². The summed E-state index contributed by atoms with van der Waals surface area (Å²) in [7, 11) is 1.58. The summed E-state index contributed by atoms with van der Waals surface area (Å²) < 4.78 is 18.2. The van der Waals surface area contributed by atoms with E-state index in [1.807, 2.05) is 24.3 Å². The highest BCUT2D eigenvalue weighted by Gasteiger charge is 2.24.